The van der Waals surface area contributed by atoms with Crippen LogP contribution in [0.4, 0.5) is 16.4 Å². The lowest BCUT2D eigenvalue weighted by Crippen LogP contribution is -2.42. The van der Waals surface area contributed by atoms with Crippen LogP contribution >= 0.6 is 50.4 Å². The number of fused-ring (bicyclic) bond motifs is 3. The van der Waals surface area contributed by atoms with Crippen molar-refractivity contribution in [3.63, 3.8) is 0 Å². The van der Waals surface area contributed by atoms with Crippen LogP contribution < -0.4 is 39.9 Å². The minimum absolute atomic E-state index is 0. The number of aliphatic carboxylic acids is 1. The molecule has 22 N–H and O–H groups in total. The van der Waals surface area contributed by atoms with Gasteiger partial charge in [0.1, 0.15) is 103 Å². The number of halogens is 1. The van der Waals surface area contributed by atoms with E-state index >= 15 is 0 Å². The van der Waals surface area contributed by atoms with Gasteiger partial charge in [0, 0.05) is 80.0 Å². The van der Waals surface area contributed by atoms with Crippen LogP contribution in [-0.2, 0) is 42.7 Å². The summed E-state index contributed by atoms with van der Waals surface area (Å²) in [5.74, 6) is 4.96. The average Bonchev–Trinajstić information content (AvgIpc) is 1.70. The number of aliphatic hydroxyl groups excluding tert-OH is 11. The Morgan fingerprint density at radius 3 is 1.24 bits per heavy atom. The SMILES string of the molecule is C.C=C1C=C(N)C(Br)=CN1C1O[C@H](CCP(=C)(C)C)[C@@H](O)[C@H]1O.C=C1N=C(N)C(C#CC)=CN1C1O[C@H](CCP(=C)(C)C)[C@@H](O)[C@H]1O.C=C1N=C(N)C(CCO)=CN1C1O[C@H](CCP(=C)(C)C)[C@@H](O)[C@H]1O.C=P(C)(C)CC[C@H]1OC(n2ccc(N)nc2=NCCCCC(C)C(=O)O)[C@H](O)[C@@H]1O.C=P(C)(C)CC[C@H]1OC(n2ccc(N)nc2=NCCCCC(C)C(=O)OC(=O)OCC2c3ccccc3-c3ccccc32)[C@H](O)[C@@H]1O. The third-order valence-corrected chi connectivity index (χ3v) is 33.9. The summed E-state index contributed by atoms with van der Waals surface area (Å²) in [6.07, 6.45) is 25.0. The first-order chi connectivity index (χ1) is 68.8. The Morgan fingerprint density at radius 2 is 0.858 bits per heavy atom. The third-order valence-electron chi connectivity index (χ3n) is 25.9. The van der Waals surface area contributed by atoms with E-state index in [1.807, 2.05) is 36.4 Å². The molecule has 9 aliphatic rings. The van der Waals surface area contributed by atoms with Gasteiger partial charge in [-0.1, -0.05) is 108 Å². The van der Waals surface area contributed by atoms with Crippen molar-refractivity contribution in [2.24, 2.45) is 49.0 Å². The maximum absolute atomic E-state index is 12.6. The number of ether oxygens (including phenoxy) is 7. The van der Waals surface area contributed by atoms with Crippen molar-refractivity contribution < 1.29 is 109 Å². The normalized spacial score (nSPS) is 27.1. The molecule has 22 atom stereocenters. The molecule has 0 bridgehead atoms. The number of aliphatic imine (C=N–C) groups is 2. The van der Waals surface area contributed by atoms with Crippen molar-refractivity contribution >= 4 is 123 Å². The number of carboxylic acids is 1. The third kappa shape index (κ3) is 35.5. The molecule has 7 unspecified atom stereocenters. The van der Waals surface area contributed by atoms with Gasteiger partial charge in [0.25, 0.3) is 0 Å². The molecule has 0 spiro atoms. The Bertz CT molecular complexity index is 5920. The van der Waals surface area contributed by atoms with Gasteiger partial charge in [0.05, 0.1) is 52.4 Å². The molecule has 1 aliphatic carbocycles. The summed E-state index contributed by atoms with van der Waals surface area (Å²) < 4.78 is 44.0. The minimum Gasteiger partial charge on any atom is -0.481 e. The summed E-state index contributed by atoms with van der Waals surface area (Å²) in [4.78, 5) is 66.7. The number of carbonyl (C=O) groups excluding carboxylic acids is 2. The highest BCUT2D eigenvalue weighted by atomic mass is 79.9. The Hall–Kier alpha value is -8.57. The van der Waals surface area contributed by atoms with Crippen LogP contribution in [-0.4, -0.2) is 390 Å². The largest absolute Gasteiger partial charge is 0.516 e. The second-order valence-corrected chi connectivity index (χ2v) is 64.3. The molecule has 5 saturated heterocycles. The van der Waals surface area contributed by atoms with Crippen molar-refractivity contribution in [3.05, 3.63) is 178 Å². The quantitative estimate of drug-likeness (QED) is 0.00674. The van der Waals surface area contributed by atoms with Crippen molar-refractivity contribution in [2.45, 2.75) is 234 Å². The monoisotopic (exact) mass is 2220 g/mol. The average molecular weight is 2220 g/mol. The summed E-state index contributed by atoms with van der Waals surface area (Å²) in [6, 6.07) is 19.2. The molecule has 5 fully saturated rings. The van der Waals surface area contributed by atoms with Gasteiger partial charge in [-0.05, 0) is 219 Å². The number of carboxylic acid groups (broad SMARTS) is 1. The zero-order chi connectivity index (χ0) is 109. The first-order valence-corrected chi connectivity index (χ1v) is 65.2. The van der Waals surface area contributed by atoms with Crippen molar-refractivity contribution in [1.29, 1.82) is 0 Å². The molecule has 10 heterocycles. The van der Waals surface area contributed by atoms with Gasteiger partial charge in [-0.15, -0.1) is 71.8 Å². The number of rotatable bonds is 36. The predicted octanol–water partition coefficient (Wildman–Crippen LogP) is 7.96. The Morgan fingerprint density at radius 1 is 0.500 bits per heavy atom. The summed E-state index contributed by atoms with van der Waals surface area (Å²) in [7, 11) is 0. The number of unbranched alkanes of at least 4 members (excludes halogenated alkanes) is 2. The molecule has 0 amide bonds. The van der Waals surface area contributed by atoms with E-state index in [0.717, 1.165) is 59.5 Å². The molecule has 38 nitrogen and oxygen atoms in total. The number of esters is 1. The van der Waals surface area contributed by atoms with E-state index in [-0.39, 0.29) is 55.6 Å². The van der Waals surface area contributed by atoms with E-state index in [1.54, 1.807) is 93.8 Å². The molecule has 148 heavy (non-hydrogen) atoms. The van der Waals surface area contributed by atoms with Crippen LogP contribution in [0.25, 0.3) is 11.1 Å². The molecular formula is C104H162BrN16O22P5. The van der Waals surface area contributed by atoms with E-state index in [2.05, 4.69) is 188 Å². The number of hydrogen-bond donors (Lipinski definition) is 17. The Kier molecular flexibility index (Phi) is 46.6. The molecular weight excluding hydrogens is 2060 g/mol. The number of nitrogens with two attached hydrogens (primary N) is 5. The highest BCUT2D eigenvalue weighted by Crippen LogP contribution is 2.48. The van der Waals surface area contributed by atoms with Gasteiger partial charge < -0.3 is 138 Å². The molecule has 8 aliphatic heterocycles. The number of benzene rings is 2. The maximum atomic E-state index is 12.6. The first-order valence-electron chi connectivity index (χ1n) is 49.2. The van der Waals surface area contributed by atoms with Gasteiger partial charge in [0.2, 0.25) is 11.2 Å². The predicted molar refractivity (Wildman–Crippen MR) is 603 cm³/mol. The van der Waals surface area contributed by atoms with E-state index < -0.39 is 181 Å². The van der Waals surface area contributed by atoms with Crippen LogP contribution in [0.5, 0.6) is 0 Å². The van der Waals surface area contributed by atoms with E-state index in [9.17, 15) is 65.4 Å². The summed E-state index contributed by atoms with van der Waals surface area (Å²) in [6.45, 7) is 32.5. The maximum Gasteiger partial charge on any atom is 0.516 e. The lowest BCUT2D eigenvalue weighted by atomic mass is 9.98. The molecule has 0 radical (unpaired) electrons. The number of nitrogens with zero attached hydrogens (tertiary/aromatic N) is 11. The standard InChI is InChI=1S/C35H45N4O7P.C20H35N4O5P.C17H26N3O3P.C16H28N3O4P.C15H24BrN2O3P.CH4/c1-22(33(42)46-35(43)44-21-27-25-14-7-5-12-23(25)24-13-6-8-15-26(24)27)11-9-10-18-37-34-38-29(36)16-19-39(34)32-31(41)30(40)28(45-32)17-20-47(2,3)4;1-13(19(27)28)7-5-6-10-22-20-23-15(21)8-11-24(20)18-17(26)16(25)14(29-18)9-12-30(2,3)4;1-6-7-12-10-20(11(2)19-16(12)18)17-15(22)14(21)13(23-17)8-9-24(3,4)5;1-10-18-15(17)11(5-7-20)9-19(10)16-14(22)13(21)12(23-16)6-8-24(2,3)4;1-9-7-11(17)10(16)8-18(9)15-14(20)13(19)12(21-15)5-6-22(2,3)4;/h5-8,12-16,19,22,27-28,30-32,40-41H,2,9-11,17-18,20-21H2,1,3-4H3,(H2,36,37,38);8,11,13-14,16-18,25-26H,2,5-7,9-10,12H2,1,3-4H3,(H,27,28)(H2,21,22,23);10,13-15,17,21-22H,2-3,8-9H2,1,4-5H3,(H2,18,19);9,12-14,16,20-22H,1-2,5-8H2,3-4H3,(H2,17,18);7-8,12-15,19-20H,1-2,5-6,17H2,3-4H3;1H4/t22?,28-,30-,31-,32?;13?,14-,16-,17-,18?;13-,14-,15-,17?;12-,13-,14-,16?;12-,13-,14-,15?;/m11111./s1. The highest BCUT2D eigenvalue weighted by molar-refractivity contribution is 9.12. The van der Waals surface area contributed by atoms with Crippen molar-refractivity contribution in [1.82, 2.24) is 33.8 Å². The number of nitrogen functional groups attached to an aromatic ring is 2. The van der Waals surface area contributed by atoms with E-state index in [1.165, 1.54) is 0 Å². The van der Waals surface area contributed by atoms with Crippen LogP contribution in [0.15, 0.2) is 176 Å². The molecule has 44 heteroatoms. The van der Waals surface area contributed by atoms with Crippen LogP contribution in [0.3, 0.4) is 0 Å². The molecule has 2 aromatic carbocycles. The second-order valence-electron chi connectivity index (χ2n) is 41.9. The van der Waals surface area contributed by atoms with Crippen LogP contribution in [0, 0.1) is 23.7 Å². The van der Waals surface area contributed by atoms with Gasteiger partial charge in [-0.25, -0.2) is 14.8 Å². The Labute approximate surface area is 880 Å². The number of anilines is 2. The lowest BCUT2D eigenvalue weighted by molar-refractivity contribution is -0.144. The number of allylic oxidation sites excluding steroid dienone is 2. The molecule has 822 valence electrons. The minimum atomic E-state index is -1.32. The van der Waals surface area contributed by atoms with Gasteiger partial charge >= 0.3 is 18.1 Å². The number of amidine groups is 2. The van der Waals surface area contributed by atoms with Crippen LogP contribution in [0.1, 0.15) is 135 Å². The fourth-order valence-electron chi connectivity index (χ4n) is 17.3. The first kappa shape index (κ1) is 125. The summed E-state index contributed by atoms with van der Waals surface area (Å²) in [5, 5.41) is 122. The van der Waals surface area contributed by atoms with Gasteiger partial charge in [-0.3, -0.25) is 28.7 Å². The zero-order valence-electron chi connectivity index (χ0n) is 86.9. The summed E-state index contributed by atoms with van der Waals surface area (Å²) >= 11 is 3.36. The van der Waals surface area contributed by atoms with E-state index in [4.69, 9.17) is 72.0 Å². The summed E-state index contributed by atoms with van der Waals surface area (Å²) in [5.41, 5.74) is 36.5. The highest BCUT2D eigenvalue weighted by Gasteiger charge is 2.51. The Balaban J connectivity index is 0.000000233. The lowest BCUT2D eigenvalue weighted by Gasteiger charge is -2.32. The zero-order valence-corrected chi connectivity index (χ0v) is 93.0. The molecule has 2 aromatic heterocycles. The second kappa shape index (κ2) is 55.3. The smallest absolute Gasteiger partial charge is 0.481 e. The number of aromatic nitrogens is 4. The molecule has 4 aromatic rings. The number of carbonyl (C=O) groups is 3. The fraction of sp³-hybridized carbons (Fsp3) is 0.558. The van der Waals surface area contributed by atoms with Crippen LogP contribution in [0.2, 0.25) is 0 Å². The molecule has 0 saturated carbocycles. The van der Waals surface area contributed by atoms with Gasteiger partial charge in [-0.2, -0.15) is 9.97 Å². The van der Waals surface area contributed by atoms with Crippen molar-refractivity contribution in [3.8, 4) is 23.0 Å². The van der Waals surface area contributed by atoms with Gasteiger partial charge in [0.15, 0.2) is 31.1 Å². The fourth-order valence-corrected chi connectivity index (χ4v) is 22.4. The topological polar surface area (TPSA) is 583 Å². The molecule has 13 rings (SSSR count). The number of hydrogen-bond acceptors (Lipinski definition) is 35. The van der Waals surface area contributed by atoms with E-state index in [0.29, 0.717) is 134 Å². The number of aliphatic hydroxyl groups is 11. The van der Waals surface area contributed by atoms with Crippen molar-refractivity contribution in [2.75, 3.05) is 135 Å².